The number of thioether (sulfide) groups is 1. The summed E-state index contributed by atoms with van der Waals surface area (Å²) in [7, 11) is 0. The van der Waals surface area contributed by atoms with E-state index >= 15 is 0 Å². The monoisotopic (exact) mass is 310 g/mol. The van der Waals surface area contributed by atoms with Gasteiger partial charge in [-0.05, 0) is 26.0 Å². The second-order valence-corrected chi connectivity index (χ2v) is 6.58. The minimum Gasteiger partial charge on any atom is -0.480 e. The maximum atomic E-state index is 11.8. The lowest BCUT2D eigenvalue weighted by Gasteiger charge is -2.27. The molecule has 0 heterocycles. The number of hydrogen-bond donors (Lipinski definition) is 3. The molecule has 0 unspecified atom stereocenters. The molecule has 4 N–H and O–H groups in total. The second-order valence-electron chi connectivity index (χ2n) is 4.95. The molecule has 1 aromatic carbocycles. The first-order valence-corrected chi connectivity index (χ1v) is 7.24. The van der Waals surface area contributed by atoms with Gasteiger partial charge in [0.1, 0.15) is 6.04 Å². The molecule has 0 aliphatic carbocycles. The number of carboxylic acid groups (broad SMARTS) is 1. The van der Waals surface area contributed by atoms with E-state index in [4.69, 9.17) is 10.8 Å². The lowest BCUT2D eigenvalue weighted by Crippen LogP contribution is -2.47. The minimum absolute atomic E-state index is 0.0491. The molecule has 0 aromatic heterocycles. The van der Waals surface area contributed by atoms with Crippen LogP contribution in [0.5, 0.6) is 0 Å². The number of imide groups is 1. The van der Waals surface area contributed by atoms with Crippen molar-refractivity contribution in [3.05, 3.63) is 35.9 Å². The van der Waals surface area contributed by atoms with E-state index in [9.17, 15) is 14.4 Å². The van der Waals surface area contributed by atoms with E-state index in [1.807, 2.05) is 0 Å². The van der Waals surface area contributed by atoms with Gasteiger partial charge in [0.05, 0.1) is 5.75 Å². The van der Waals surface area contributed by atoms with E-state index in [1.165, 1.54) is 0 Å². The summed E-state index contributed by atoms with van der Waals surface area (Å²) in [6, 6.07) is 7.26. The van der Waals surface area contributed by atoms with Gasteiger partial charge in [0.25, 0.3) is 5.91 Å². The Kier molecular flexibility index (Phi) is 5.92. The molecule has 0 radical (unpaired) electrons. The Labute approximate surface area is 127 Å². The molecule has 0 spiro atoms. The summed E-state index contributed by atoms with van der Waals surface area (Å²) in [6.07, 6.45) is 0. The predicted molar refractivity (Wildman–Crippen MR) is 81.1 cm³/mol. The number of carbonyl (C=O) groups excluding carboxylic acids is 2. The highest BCUT2D eigenvalue weighted by molar-refractivity contribution is 8.01. The number of amides is 2. The summed E-state index contributed by atoms with van der Waals surface area (Å²) in [5, 5.41) is 11.1. The molecule has 114 valence electrons. The lowest BCUT2D eigenvalue weighted by molar-refractivity contribution is -0.139. The second kappa shape index (κ2) is 7.24. The molecule has 1 atom stereocenters. The molecule has 21 heavy (non-hydrogen) atoms. The van der Waals surface area contributed by atoms with Crippen LogP contribution < -0.4 is 11.1 Å². The number of hydrogen-bond acceptors (Lipinski definition) is 5. The molecule has 2 amide bonds. The van der Waals surface area contributed by atoms with Crippen LogP contribution in [0.25, 0.3) is 0 Å². The SMILES string of the molecule is CC(C)(SCC(=O)NC(=O)c1ccccc1)[C@@H](N)C(=O)O. The van der Waals surface area contributed by atoms with Crippen LogP contribution >= 0.6 is 11.8 Å². The van der Waals surface area contributed by atoms with E-state index in [0.29, 0.717) is 5.56 Å². The van der Waals surface area contributed by atoms with Crippen LogP contribution in [0.2, 0.25) is 0 Å². The summed E-state index contributed by atoms with van der Waals surface area (Å²) >= 11 is 1.09. The third-order valence-corrected chi connectivity index (χ3v) is 4.28. The highest BCUT2D eigenvalue weighted by Gasteiger charge is 2.33. The summed E-state index contributed by atoms with van der Waals surface area (Å²) in [6.45, 7) is 3.28. The van der Waals surface area contributed by atoms with Crippen LogP contribution in [0.4, 0.5) is 0 Å². The van der Waals surface area contributed by atoms with Crippen molar-refractivity contribution < 1.29 is 19.5 Å². The third-order valence-electron chi connectivity index (χ3n) is 2.88. The maximum Gasteiger partial charge on any atom is 0.321 e. The summed E-state index contributed by atoms with van der Waals surface area (Å²) in [4.78, 5) is 34.3. The average Bonchev–Trinajstić information content (AvgIpc) is 2.45. The Morgan fingerprint density at radius 3 is 2.38 bits per heavy atom. The Morgan fingerprint density at radius 2 is 1.86 bits per heavy atom. The highest BCUT2D eigenvalue weighted by Crippen LogP contribution is 2.27. The summed E-state index contributed by atoms with van der Waals surface area (Å²) < 4.78 is -0.820. The number of carbonyl (C=O) groups is 3. The highest BCUT2D eigenvalue weighted by atomic mass is 32.2. The standard InChI is InChI=1S/C14H18N2O4S/c1-14(2,11(15)13(19)20)21-8-10(17)16-12(18)9-6-4-3-5-7-9/h3-7,11H,8,15H2,1-2H3,(H,19,20)(H,16,17,18)/t11-/m0/s1. The molecule has 6 nitrogen and oxygen atoms in total. The van der Waals surface area contributed by atoms with Gasteiger partial charge in [-0.25, -0.2) is 0 Å². The molecule has 1 aromatic rings. The largest absolute Gasteiger partial charge is 0.480 e. The predicted octanol–water partition coefficient (Wildman–Crippen LogP) is 0.867. The number of carboxylic acids is 1. The van der Waals surface area contributed by atoms with Crippen molar-refractivity contribution in [1.29, 1.82) is 0 Å². The van der Waals surface area contributed by atoms with Crippen LogP contribution in [0.15, 0.2) is 30.3 Å². The Balaban J connectivity index is 2.51. The van der Waals surface area contributed by atoms with Crippen molar-refractivity contribution in [2.75, 3.05) is 5.75 Å². The molecular formula is C14H18N2O4S. The van der Waals surface area contributed by atoms with E-state index in [0.717, 1.165) is 11.8 Å². The zero-order valence-corrected chi connectivity index (χ0v) is 12.6. The Morgan fingerprint density at radius 1 is 1.29 bits per heavy atom. The van der Waals surface area contributed by atoms with Gasteiger partial charge in [0.15, 0.2) is 0 Å². The molecule has 0 saturated carbocycles. The first-order chi connectivity index (χ1) is 9.74. The number of benzene rings is 1. The fourth-order valence-electron chi connectivity index (χ4n) is 1.46. The first-order valence-electron chi connectivity index (χ1n) is 6.25. The van der Waals surface area contributed by atoms with Gasteiger partial charge in [0.2, 0.25) is 5.91 Å². The lowest BCUT2D eigenvalue weighted by atomic mass is 10.1. The fraction of sp³-hybridized carbons (Fsp3) is 0.357. The van der Waals surface area contributed by atoms with Crippen molar-refractivity contribution in [3.63, 3.8) is 0 Å². The Hall–Kier alpha value is -1.86. The Bertz CT molecular complexity index is 531. The molecular weight excluding hydrogens is 292 g/mol. The zero-order chi connectivity index (χ0) is 16.0. The fourth-order valence-corrected chi connectivity index (χ4v) is 2.32. The van der Waals surface area contributed by atoms with Crippen LogP contribution in [0, 0.1) is 0 Å². The number of rotatable bonds is 6. The van der Waals surface area contributed by atoms with Crippen LogP contribution in [-0.4, -0.2) is 39.4 Å². The van der Waals surface area contributed by atoms with Crippen LogP contribution in [0.3, 0.4) is 0 Å². The number of aliphatic carboxylic acids is 1. The molecule has 1 rings (SSSR count). The first kappa shape index (κ1) is 17.2. The third kappa shape index (κ3) is 5.20. The van der Waals surface area contributed by atoms with Crippen molar-refractivity contribution in [2.45, 2.75) is 24.6 Å². The molecule has 7 heteroatoms. The molecule has 0 bridgehead atoms. The van der Waals surface area contributed by atoms with Gasteiger partial charge in [-0.15, -0.1) is 11.8 Å². The topological polar surface area (TPSA) is 109 Å². The van der Waals surface area contributed by atoms with E-state index in [2.05, 4.69) is 5.32 Å². The molecule has 0 fully saturated rings. The van der Waals surface area contributed by atoms with Gasteiger partial charge in [-0.1, -0.05) is 18.2 Å². The normalized spacial score (nSPS) is 12.5. The average molecular weight is 310 g/mol. The summed E-state index contributed by atoms with van der Waals surface area (Å²) in [5.41, 5.74) is 5.94. The van der Waals surface area contributed by atoms with Crippen molar-refractivity contribution in [1.82, 2.24) is 5.32 Å². The van der Waals surface area contributed by atoms with Crippen LogP contribution in [0.1, 0.15) is 24.2 Å². The van der Waals surface area contributed by atoms with Gasteiger partial charge in [0, 0.05) is 10.3 Å². The van der Waals surface area contributed by atoms with Crippen molar-refractivity contribution in [2.24, 2.45) is 5.73 Å². The van der Waals surface area contributed by atoms with E-state index in [1.54, 1.807) is 44.2 Å². The number of nitrogens with two attached hydrogens (primary N) is 1. The molecule has 0 saturated heterocycles. The summed E-state index contributed by atoms with van der Waals surface area (Å²) in [5.74, 6) is -2.15. The quantitative estimate of drug-likeness (QED) is 0.719. The number of nitrogens with one attached hydrogen (secondary N) is 1. The maximum absolute atomic E-state index is 11.8. The minimum atomic E-state index is -1.13. The van der Waals surface area contributed by atoms with Gasteiger partial charge in [-0.3, -0.25) is 19.7 Å². The zero-order valence-electron chi connectivity index (χ0n) is 11.8. The van der Waals surface area contributed by atoms with E-state index in [-0.39, 0.29) is 5.75 Å². The molecule has 0 aliphatic rings. The van der Waals surface area contributed by atoms with E-state index < -0.39 is 28.6 Å². The van der Waals surface area contributed by atoms with Gasteiger partial charge in [-0.2, -0.15) is 0 Å². The van der Waals surface area contributed by atoms with Crippen LogP contribution in [-0.2, 0) is 9.59 Å². The van der Waals surface area contributed by atoms with Gasteiger partial charge >= 0.3 is 5.97 Å². The molecule has 0 aliphatic heterocycles. The van der Waals surface area contributed by atoms with Crippen molar-refractivity contribution >= 4 is 29.5 Å². The van der Waals surface area contributed by atoms with Crippen molar-refractivity contribution in [3.8, 4) is 0 Å². The smallest absolute Gasteiger partial charge is 0.321 e. The van der Waals surface area contributed by atoms with Gasteiger partial charge < -0.3 is 10.8 Å².